The third-order valence-corrected chi connectivity index (χ3v) is 3.73. The summed E-state index contributed by atoms with van der Waals surface area (Å²) >= 11 is 0. The number of ether oxygens (including phenoxy) is 1. The van der Waals surface area contributed by atoms with E-state index in [2.05, 4.69) is 0 Å². The molecule has 5 heteroatoms. The Bertz CT molecular complexity index is 863. The van der Waals surface area contributed by atoms with Gasteiger partial charge in [0, 0.05) is 16.7 Å². The summed E-state index contributed by atoms with van der Waals surface area (Å²) in [6.45, 7) is 0. The Kier molecular flexibility index (Phi) is 3.54. The quantitative estimate of drug-likeness (QED) is 0.674. The number of Topliss-reactive ketones (excluding diaryl/α,β-unsaturated/α-hetero) is 2. The number of hydrogen-bond acceptors (Lipinski definition) is 5. The highest BCUT2D eigenvalue weighted by Crippen LogP contribution is 2.29. The highest BCUT2D eigenvalue weighted by molar-refractivity contribution is 6.58. The maximum atomic E-state index is 12.3. The van der Waals surface area contributed by atoms with Crippen molar-refractivity contribution in [2.75, 3.05) is 7.11 Å². The first kappa shape index (κ1) is 14.7. The fourth-order valence-electron chi connectivity index (χ4n) is 2.50. The van der Waals surface area contributed by atoms with Crippen LogP contribution in [-0.2, 0) is 4.79 Å². The van der Waals surface area contributed by atoms with E-state index >= 15 is 0 Å². The molecule has 2 aromatic rings. The lowest BCUT2D eigenvalue weighted by Gasteiger charge is -2.18. The van der Waals surface area contributed by atoms with Crippen LogP contribution in [0.5, 0.6) is 5.75 Å². The van der Waals surface area contributed by atoms with E-state index in [1.54, 1.807) is 42.5 Å². The molecule has 3 rings (SSSR count). The molecule has 0 fully saturated rings. The van der Waals surface area contributed by atoms with Crippen LogP contribution in [0.4, 0.5) is 0 Å². The number of nitrogens with one attached hydrogen (secondary N) is 1. The lowest BCUT2D eigenvalue weighted by molar-refractivity contribution is -0.111. The number of rotatable bonds is 3. The Morgan fingerprint density at radius 2 is 1.57 bits per heavy atom. The first-order chi connectivity index (χ1) is 11.0. The third kappa shape index (κ3) is 2.32. The number of carbonyl (C=O) groups is 2. The Balaban J connectivity index is 2.12. The molecule has 0 spiro atoms. The van der Waals surface area contributed by atoms with Crippen LogP contribution in [0.25, 0.3) is 5.76 Å². The number of hydrogen-bond donors (Lipinski definition) is 2. The van der Waals surface area contributed by atoms with Crippen molar-refractivity contribution in [3.05, 3.63) is 70.8 Å². The molecule has 0 saturated carbocycles. The molecule has 23 heavy (non-hydrogen) atoms. The van der Waals surface area contributed by atoms with E-state index < -0.39 is 11.6 Å². The van der Waals surface area contributed by atoms with E-state index in [1.807, 2.05) is 0 Å². The predicted molar refractivity (Wildman–Crippen MR) is 85.2 cm³/mol. The van der Waals surface area contributed by atoms with Crippen molar-refractivity contribution in [2.45, 2.75) is 0 Å². The molecular weight excluding hydrogens is 294 g/mol. The largest absolute Gasteiger partial charge is 0.506 e. The number of ketones is 2. The Labute approximate surface area is 132 Å². The summed E-state index contributed by atoms with van der Waals surface area (Å²) in [6, 6.07) is 12.8. The first-order valence-corrected chi connectivity index (χ1v) is 6.89. The molecule has 0 radical (unpaired) electrons. The number of benzene rings is 2. The lowest BCUT2D eigenvalue weighted by Crippen LogP contribution is -2.28. The fraction of sp³-hybridized carbons (Fsp3) is 0.0556. The van der Waals surface area contributed by atoms with Gasteiger partial charge in [0.25, 0.3) is 0 Å². The van der Waals surface area contributed by atoms with Crippen molar-refractivity contribution in [1.29, 1.82) is 5.41 Å². The predicted octanol–water partition coefficient (Wildman–Crippen LogP) is 2.80. The summed E-state index contributed by atoms with van der Waals surface area (Å²) in [7, 11) is 1.52. The van der Waals surface area contributed by atoms with Gasteiger partial charge in [0.2, 0.25) is 11.6 Å². The van der Waals surface area contributed by atoms with Crippen LogP contribution in [0.15, 0.2) is 54.1 Å². The monoisotopic (exact) mass is 307 g/mol. The summed E-state index contributed by atoms with van der Waals surface area (Å²) in [5, 5.41) is 18.6. The van der Waals surface area contributed by atoms with Crippen molar-refractivity contribution in [3.63, 3.8) is 0 Å². The average Bonchev–Trinajstić information content (AvgIpc) is 2.60. The van der Waals surface area contributed by atoms with Gasteiger partial charge in [-0.15, -0.1) is 0 Å². The van der Waals surface area contributed by atoms with Crippen molar-refractivity contribution < 1.29 is 19.4 Å². The minimum absolute atomic E-state index is 0.154. The Morgan fingerprint density at radius 3 is 2.17 bits per heavy atom. The molecular formula is C18H13NO4. The summed E-state index contributed by atoms with van der Waals surface area (Å²) in [6.07, 6.45) is 0. The van der Waals surface area contributed by atoms with Gasteiger partial charge in [-0.2, -0.15) is 0 Å². The summed E-state index contributed by atoms with van der Waals surface area (Å²) in [5.41, 5.74) is 0.358. The molecule has 0 amide bonds. The molecule has 0 bridgehead atoms. The van der Waals surface area contributed by atoms with E-state index in [4.69, 9.17) is 10.1 Å². The van der Waals surface area contributed by atoms with E-state index in [0.717, 1.165) is 0 Å². The molecule has 0 heterocycles. The second-order valence-electron chi connectivity index (χ2n) is 5.03. The van der Waals surface area contributed by atoms with Gasteiger partial charge in [-0.1, -0.05) is 24.3 Å². The highest BCUT2D eigenvalue weighted by atomic mass is 16.5. The number of methoxy groups -OCH3 is 1. The van der Waals surface area contributed by atoms with Crippen LogP contribution in [0.1, 0.15) is 21.5 Å². The minimum Gasteiger partial charge on any atom is -0.506 e. The zero-order chi connectivity index (χ0) is 16.6. The highest BCUT2D eigenvalue weighted by Gasteiger charge is 2.35. The van der Waals surface area contributed by atoms with Crippen molar-refractivity contribution >= 4 is 23.0 Å². The molecule has 0 aliphatic heterocycles. The lowest BCUT2D eigenvalue weighted by atomic mass is 9.85. The van der Waals surface area contributed by atoms with Crippen LogP contribution in [0.2, 0.25) is 0 Å². The smallest absolute Gasteiger partial charge is 0.239 e. The molecule has 1 aliphatic carbocycles. The van der Waals surface area contributed by atoms with Crippen molar-refractivity contribution in [1.82, 2.24) is 0 Å². The zero-order valence-corrected chi connectivity index (χ0v) is 12.3. The van der Waals surface area contributed by atoms with Gasteiger partial charge in [0.15, 0.2) is 0 Å². The van der Waals surface area contributed by atoms with E-state index in [1.165, 1.54) is 13.2 Å². The van der Waals surface area contributed by atoms with Gasteiger partial charge in [0.05, 0.1) is 18.4 Å². The molecule has 0 aromatic heterocycles. The number of fused-ring (bicyclic) bond motifs is 1. The van der Waals surface area contributed by atoms with Crippen LogP contribution in [-0.4, -0.2) is 29.5 Å². The molecule has 2 N–H and O–H groups in total. The zero-order valence-electron chi connectivity index (χ0n) is 12.3. The Morgan fingerprint density at radius 1 is 0.957 bits per heavy atom. The van der Waals surface area contributed by atoms with E-state index in [-0.39, 0.29) is 28.2 Å². The molecule has 0 unspecified atom stereocenters. The molecule has 0 atom stereocenters. The van der Waals surface area contributed by atoms with Crippen LogP contribution in [0.3, 0.4) is 0 Å². The first-order valence-electron chi connectivity index (χ1n) is 6.89. The van der Waals surface area contributed by atoms with Gasteiger partial charge in [-0.05, 0) is 24.3 Å². The average molecular weight is 307 g/mol. The van der Waals surface area contributed by atoms with Gasteiger partial charge < -0.3 is 9.84 Å². The summed E-state index contributed by atoms with van der Waals surface area (Å²) < 4.78 is 5.05. The maximum absolute atomic E-state index is 12.3. The number of allylic oxidation sites excluding steroid dienone is 1. The molecule has 2 aromatic carbocycles. The summed E-state index contributed by atoms with van der Waals surface area (Å²) in [4.78, 5) is 24.5. The number of aliphatic hydroxyl groups is 1. The second kappa shape index (κ2) is 5.53. The van der Waals surface area contributed by atoms with Gasteiger partial charge in [-0.25, -0.2) is 0 Å². The second-order valence-corrected chi connectivity index (χ2v) is 5.03. The minimum atomic E-state index is -0.873. The normalized spacial score (nSPS) is 13.8. The van der Waals surface area contributed by atoms with Gasteiger partial charge >= 0.3 is 0 Å². The molecule has 0 saturated heterocycles. The molecule has 1 aliphatic rings. The van der Waals surface area contributed by atoms with Crippen LogP contribution in [0, 0.1) is 5.41 Å². The van der Waals surface area contributed by atoms with Gasteiger partial charge in [-0.3, -0.25) is 15.0 Å². The molecule has 114 valence electrons. The summed E-state index contributed by atoms with van der Waals surface area (Å²) in [5.74, 6) is -1.32. The van der Waals surface area contributed by atoms with E-state index in [0.29, 0.717) is 11.3 Å². The SMILES string of the molecule is COc1ccc(C(=N)C2=C(O)c3ccccc3C(=O)C2=O)cc1. The molecule has 5 nitrogen and oxygen atoms in total. The number of aliphatic hydroxyl groups excluding tert-OH is 1. The number of carbonyl (C=O) groups excluding carboxylic acids is 2. The topological polar surface area (TPSA) is 87.4 Å². The van der Waals surface area contributed by atoms with E-state index in [9.17, 15) is 14.7 Å². The van der Waals surface area contributed by atoms with Crippen molar-refractivity contribution in [3.8, 4) is 5.75 Å². The van der Waals surface area contributed by atoms with Crippen LogP contribution >= 0.6 is 0 Å². The standard InChI is InChI=1S/C18H13NO4/c1-23-11-8-6-10(7-9-11)15(19)14-16(20)12-4-2-3-5-13(12)17(21)18(14)22/h2-9,19-20H,1H3. The Hall–Kier alpha value is -3.21. The van der Waals surface area contributed by atoms with Crippen LogP contribution < -0.4 is 4.74 Å². The third-order valence-electron chi connectivity index (χ3n) is 3.73. The maximum Gasteiger partial charge on any atom is 0.239 e. The van der Waals surface area contributed by atoms with Crippen molar-refractivity contribution in [2.24, 2.45) is 0 Å². The van der Waals surface area contributed by atoms with Gasteiger partial charge in [0.1, 0.15) is 11.5 Å². The fourth-order valence-corrected chi connectivity index (χ4v) is 2.50.